The van der Waals surface area contributed by atoms with E-state index < -0.39 is 29.8 Å². The molecule has 1 aliphatic heterocycles. The van der Waals surface area contributed by atoms with Crippen LogP contribution in [-0.2, 0) is 10.3 Å². The number of imide groups is 1. The van der Waals surface area contributed by atoms with Crippen molar-refractivity contribution in [1.29, 1.82) is 0 Å². The molecule has 1 fully saturated rings. The summed E-state index contributed by atoms with van der Waals surface area (Å²) in [5, 5.41) is 5.62. The van der Waals surface area contributed by atoms with Crippen molar-refractivity contribution in [2.45, 2.75) is 18.9 Å². The van der Waals surface area contributed by atoms with E-state index in [4.69, 9.17) is 0 Å². The van der Waals surface area contributed by atoms with Gasteiger partial charge >= 0.3 is 12.1 Å². The van der Waals surface area contributed by atoms with E-state index in [9.17, 15) is 19.2 Å². The lowest BCUT2D eigenvalue weighted by atomic mass is 9.82. The van der Waals surface area contributed by atoms with Gasteiger partial charge in [0.25, 0.3) is 5.91 Å². The summed E-state index contributed by atoms with van der Waals surface area (Å²) in [5.41, 5.74) is 0.669. The summed E-state index contributed by atoms with van der Waals surface area (Å²) in [5.74, 6) is -0.905. The monoisotopic (exact) mass is 484 g/mol. The zero-order valence-electron chi connectivity index (χ0n) is 20.2. The lowest BCUT2D eigenvalue weighted by Crippen LogP contribution is -2.45. The van der Waals surface area contributed by atoms with Crippen LogP contribution in [0.15, 0.2) is 84.9 Å². The van der Waals surface area contributed by atoms with Crippen molar-refractivity contribution in [3.8, 4) is 0 Å². The number of nitrogens with zero attached hydrogens (tertiary/aromatic N) is 2. The van der Waals surface area contributed by atoms with E-state index in [1.54, 1.807) is 84.7 Å². The van der Waals surface area contributed by atoms with Gasteiger partial charge in [0.2, 0.25) is 0 Å². The SMILES string of the molecule is CCCN(C)C(=O)Nc1ccc(C(=O)CN2C(=O)NC(c3ccccc3)(c3ccccc3)C2=O)cc1. The molecule has 36 heavy (non-hydrogen) atoms. The van der Waals surface area contributed by atoms with Crippen LogP contribution in [0.2, 0.25) is 0 Å². The van der Waals surface area contributed by atoms with E-state index >= 15 is 0 Å². The number of amides is 5. The first kappa shape index (κ1) is 24.7. The van der Waals surface area contributed by atoms with E-state index in [0.29, 0.717) is 28.9 Å². The second kappa shape index (κ2) is 10.4. The minimum absolute atomic E-state index is 0.242. The molecule has 1 heterocycles. The summed E-state index contributed by atoms with van der Waals surface area (Å²) >= 11 is 0. The van der Waals surface area contributed by atoms with Crippen LogP contribution < -0.4 is 10.6 Å². The maximum absolute atomic E-state index is 13.7. The lowest BCUT2D eigenvalue weighted by Gasteiger charge is -2.28. The Labute approximate surface area is 209 Å². The van der Waals surface area contributed by atoms with Gasteiger partial charge in [-0.2, -0.15) is 0 Å². The van der Waals surface area contributed by atoms with Crippen LogP contribution in [0.3, 0.4) is 0 Å². The largest absolute Gasteiger partial charge is 0.328 e. The first-order chi connectivity index (χ1) is 17.4. The molecule has 5 amide bonds. The normalized spacial score (nSPS) is 14.3. The first-order valence-corrected chi connectivity index (χ1v) is 11.8. The molecule has 8 nitrogen and oxygen atoms in total. The molecular weight excluding hydrogens is 456 g/mol. The number of hydrogen-bond donors (Lipinski definition) is 2. The van der Waals surface area contributed by atoms with Crippen molar-refractivity contribution < 1.29 is 19.2 Å². The number of benzene rings is 3. The third-order valence-corrected chi connectivity index (χ3v) is 6.18. The van der Waals surface area contributed by atoms with Crippen molar-refractivity contribution >= 4 is 29.4 Å². The smallest absolute Gasteiger partial charge is 0.325 e. The molecule has 4 rings (SSSR count). The summed E-state index contributed by atoms with van der Waals surface area (Å²) in [7, 11) is 1.71. The topological polar surface area (TPSA) is 98.8 Å². The Morgan fingerprint density at radius 1 is 0.889 bits per heavy atom. The second-order valence-electron chi connectivity index (χ2n) is 8.66. The maximum atomic E-state index is 13.7. The fourth-order valence-corrected chi connectivity index (χ4v) is 4.28. The van der Waals surface area contributed by atoms with Gasteiger partial charge in [-0.25, -0.2) is 9.59 Å². The van der Waals surface area contributed by atoms with E-state index in [-0.39, 0.29) is 6.03 Å². The van der Waals surface area contributed by atoms with E-state index in [1.807, 2.05) is 19.1 Å². The molecule has 0 aromatic heterocycles. The van der Waals surface area contributed by atoms with Crippen LogP contribution >= 0.6 is 0 Å². The third-order valence-electron chi connectivity index (χ3n) is 6.18. The summed E-state index contributed by atoms with van der Waals surface area (Å²) in [6.45, 7) is 2.21. The third kappa shape index (κ3) is 4.70. The van der Waals surface area contributed by atoms with Gasteiger partial charge in [-0.15, -0.1) is 0 Å². The van der Waals surface area contributed by atoms with Gasteiger partial charge in [-0.05, 0) is 41.8 Å². The van der Waals surface area contributed by atoms with Crippen LogP contribution in [0, 0.1) is 0 Å². The van der Waals surface area contributed by atoms with E-state index in [1.165, 1.54) is 0 Å². The minimum Gasteiger partial charge on any atom is -0.328 e. The highest BCUT2D eigenvalue weighted by atomic mass is 16.2. The fourth-order valence-electron chi connectivity index (χ4n) is 4.28. The molecule has 2 N–H and O–H groups in total. The molecule has 3 aromatic carbocycles. The van der Waals surface area contributed by atoms with Crippen molar-refractivity contribution in [2.24, 2.45) is 0 Å². The molecule has 0 radical (unpaired) electrons. The van der Waals surface area contributed by atoms with Gasteiger partial charge in [0.05, 0.1) is 6.54 Å². The predicted molar refractivity (Wildman–Crippen MR) is 137 cm³/mol. The van der Waals surface area contributed by atoms with Crippen LogP contribution in [0.1, 0.15) is 34.8 Å². The molecule has 3 aromatic rings. The van der Waals surface area contributed by atoms with Crippen LogP contribution in [0.5, 0.6) is 0 Å². The highest BCUT2D eigenvalue weighted by molar-refractivity contribution is 6.13. The minimum atomic E-state index is -1.42. The Morgan fingerprint density at radius 3 is 1.97 bits per heavy atom. The van der Waals surface area contributed by atoms with Crippen molar-refractivity contribution in [3.63, 3.8) is 0 Å². The zero-order chi connectivity index (χ0) is 25.7. The molecule has 0 spiro atoms. The highest BCUT2D eigenvalue weighted by Crippen LogP contribution is 2.36. The number of ketones is 1. The van der Waals surface area contributed by atoms with Gasteiger partial charge in [0, 0.05) is 24.8 Å². The van der Waals surface area contributed by atoms with E-state index in [2.05, 4.69) is 10.6 Å². The average molecular weight is 485 g/mol. The lowest BCUT2D eigenvalue weighted by molar-refractivity contribution is -0.129. The number of hydrogen-bond acceptors (Lipinski definition) is 4. The molecule has 0 saturated carbocycles. The molecule has 1 aliphatic rings. The molecule has 1 saturated heterocycles. The number of anilines is 1. The Hall–Kier alpha value is -4.46. The van der Waals surface area contributed by atoms with Gasteiger partial charge in [0.15, 0.2) is 11.3 Å². The van der Waals surface area contributed by atoms with Crippen LogP contribution in [0.25, 0.3) is 0 Å². The summed E-state index contributed by atoms with van der Waals surface area (Å²) < 4.78 is 0. The Kier molecular flexibility index (Phi) is 7.15. The fraction of sp³-hybridized carbons (Fsp3) is 0.214. The maximum Gasteiger partial charge on any atom is 0.325 e. The number of carbonyl (C=O) groups is 4. The Balaban J connectivity index is 1.54. The molecule has 184 valence electrons. The quantitative estimate of drug-likeness (QED) is 0.369. The zero-order valence-corrected chi connectivity index (χ0v) is 20.2. The number of nitrogens with one attached hydrogen (secondary N) is 2. The standard InChI is InChI=1S/C28H28N4O4/c1-3-18-31(2)26(35)29-23-16-14-20(15-17-23)24(33)19-32-25(34)28(30-27(32)36,21-10-6-4-7-11-21)22-12-8-5-9-13-22/h4-17H,3,18-19H2,1-2H3,(H,29,35)(H,30,36). The van der Waals surface area contributed by atoms with Gasteiger partial charge in [-0.3, -0.25) is 14.5 Å². The van der Waals surface area contributed by atoms with E-state index in [0.717, 1.165) is 11.3 Å². The van der Waals surface area contributed by atoms with Crippen molar-refractivity contribution in [3.05, 3.63) is 102 Å². The van der Waals surface area contributed by atoms with Crippen molar-refractivity contribution in [2.75, 3.05) is 25.5 Å². The number of urea groups is 2. The highest BCUT2D eigenvalue weighted by Gasteiger charge is 2.54. The number of carbonyl (C=O) groups excluding carboxylic acids is 4. The molecule has 0 atom stereocenters. The summed E-state index contributed by atoms with van der Waals surface area (Å²) in [4.78, 5) is 54.5. The number of Topliss-reactive ketones (excluding diaryl/α,β-unsaturated/α-hetero) is 1. The molecule has 0 unspecified atom stereocenters. The molecule has 0 bridgehead atoms. The Bertz CT molecular complexity index is 1220. The van der Waals surface area contributed by atoms with Gasteiger partial charge in [-0.1, -0.05) is 67.6 Å². The molecule has 8 heteroatoms. The summed E-state index contributed by atoms with van der Waals surface area (Å²) in [6, 6.07) is 23.5. The second-order valence-corrected chi connectivity index (χ2v) is 8.66. The molecule has 0 aliphatic carbocycles. The van der Waals surface area contributed by atoms with Crippen molar-refractivity contribution in [1.82, 2.24) is 15.1 Å². The van der Waals surface area contributed by atoms with Gasteiger partial charge < -0.3 is 15.5 Å². The van der Waals surface area contributed by atoms with Crippen LogP contribution in [0.4, 0.5) is 15.3 Å². The number of rotatable bonds is 8. The summed E-state index contributed by atoms with van der Waals surface area (Å²) in [6.07, 6.45) is 0.843. The van der Waals surface area contributed by atoms with Crippen LogP contribution in [-0.4, -0.2) is 53.7 Å². The Morgan fingerprint density at radius 2 is 1.44 bits per heavy atom. The predicted octanol–water partition coefficient (Wildman–Crippen LogP) is 4.24. The first-order valence-electron chi connectivity index (χ1n) is 11.8. The molecular formula is C28H28N4O4. The van der Waals surface area contributed by atoms with Gasteiger partial charge in [0.1, 0.15) is 0 Å². The average Bonchev–Trinajstić information content (AvgIpc) is 3.16.